The highest BCUT2D eigenvalue weighted by Crippen LogP contribution is 2.29. The van der Waals surface area contributed by atoms with Crippen molar-refractivity contribution in [2.24, 2.45) is 7.05 Å². The van der Waals surface area contributed by atoms with Crippen molar-refractivity contribution < 1.29 is 8.42 Å². The monoisotopic (exact) mass is 373 g/mol. The molecule has 1 aliphatic heterocycles. The lowest BCUT2D eigenvalue weighted by molar-refractivity contribution is 0.500. The van der Waals surface area contributed by atoms with Gasteiger partial charge in [-0.3, -0.25) is 4.79 Å². The highest BCUT2D eigenvalue weighted by molar-refractivity contribution is 7.91. The Morgan fingerprint density at radius 2 is 2.12 bits per heavy atom. The molecule has 0 bridgehead atoms. The molecule has 1 aromatic carbocycles. The summed E-state index contributed by atoms with van der Waals surface area (Å²) in [5.41, 5.74) is 1.24. The molecule has 0 aliphatic carbocycles. The molecule has 8 nitrogen and oxygen atoms in total. The topological polar surface area (TPSA) is 99.7 Å². The van der Waals surface area contributed by atoms with Crippen LogP contribution in [0.1, 0.15) is 25.2 Å². The highest BCUT2D eigenvalue weighted by Gasteiger charge is 2.32. The largest absolute Gasteiger partial charge is 0.302 e. The third-order valence-corrected chi connectivity index (χ3v) is 6.47. The van der Waals surface area contributed by atoms with E-state index in [1.54, 1.807) is 23.9 Å². The van der Waals surface area contributed by atoms with E-state index < -0.39 is 9.84 Å². The molecule has 9 heteroatoms. The standard InChI is InChI=1S/C17H19N5O3S/c1-3-15-19-16(22(20-15)12-6-7-26(24,25)9-12)11-4-5-13-14(8-11)18-10-21(2)17(13)23/h4-5,8,10,12H,3,6-7,9H2,1-2H3. The molecule has 136 valence electrons. The molecule has 1 saturated heterocycles. The van der Waals surface area contributed by atoms with Crippen LogP contribution in [0.2, 0.25) is 0 Å². The molecule has 3 heterocycles. The number of hydrogen-bond donors (Lipinski definition) is 0. The van der Waals surface area contributed by atoms with E-state index >= 15 is 0 Å². The van der Waals surface area contributed by atoms with Crippen molar-refractivity contribution in [1.82, 2.24) is 24.3 Å². The van der Waals surface area contributed by atoms with E-state index in [1.165, 1.54) is 10.9 Å². The first-order valence-corrected chi connectivity index (χ1v) is 10.3. The van der Waals surface area contributed by atoms with Gasteiger partial charge in [0.15, 0.2) is 21.5 Å². The zero-order valence-electron chi connectivity index (χ0n) is 14.6. The number of benzene rings is 1. The fourth-order valence-corrected chi connectivity index (χ4v) is 4.98. The summed E-state index contributed by atoms with van der Waals surface area (Å²) >= 11 is 0. The number of sulfone groups is 1. The Bertz CT molecular complexity index is 1160. The zero-order valence-corrected chi connectivity index (χ0v) is 15.4. The Kier molecular flexibility index (Phi) is 3.91. The molecule has 3 aromatic rings. The van der Waals surface area contributed by atoms with Crippen molar-refractivity contribution in [3.05, 3.63) is 40.7 Å². The fourth-order valence-electron chi connectivity index (χ4n) is 3.29. The van der Waals surface area contributed by atoms with E-state index in [4.69, 9.17) is 0 Å². The van der Waals surface area contributed by atoms with Crippen molar-refractivity contribution in [1.29, 1.82) is 0 Å². The number of aromatic nitrogens is 5. The maximum Gasteiger partial charge on any atom is 0.260 e. The Hall–Kier alpha value is -2.55. The van der Waals surface area contributed by atoms with Crippen LogP contribution in [0.4, 0.5) is 0 Å². The SMILES string of the molecule is CCc1nc(-c2ccc3c(=O)n(C)cnc3c2)n(C2CCS(=O)(=O)C2)n1. The molecular weight excluding hydrogens is 354 g/mol. The predicted molar refractivity (Wildman–Crippen MR) is 97.7 cm³/mol. The average molecular weight is 373 g/mol. The van der Waals surface area contributed by atoms with Gasteiger partial charge in [0.1, 0.15) is 0 Å². The van der Waals surface area contributed by atoms with Crippen LogP contribution >= 0.6 is 0 Å². The van der Waals surface area contributed by atoms with Gasteiger partial charge in [0.2, 0.25) is 0 Å². The number of hydrogen-bond acceptors (Lipinski definition) is 6. The van der Waals surface area contributed by atoms with E-state index in [1.807, 2.05) is 13.0 Å². The van der Waals surface area contributed by atoms with Crippen molar-refractivity contribution in [2.45, 2.75) is 25.8 Å². The van der Waals surface area contributed by atoms with E-state index in [-0.39, 0.29) is 23.1 Å². The molecule has 4 rings (SSSR count). The lowest BCUT2D eigenvalue weighted by Crippen LogP contribution is -2.17. The Morgan fingerprint density at radius 3 is 2.81 bits per heavy atom. The summed E-state index contributed by atoms with van der Waals surface area (Å²) in [6, 6.07) is 5.14. The smallest absolute Gasteiger partial charge is 0.260 e. The lowest BCUT2D eigenvalue weighted by atomic mass is 10.1. The summed E-state index contributed by atoms with van der Waals surface area (Å²) < 4.78 is 26.9. The summed E-state index contributed by atoms with van der Waals surface area (Å²) in [5, 5.41) is 5.05. The Balaban J connectivity index is 1.85. The molecule has 1 aliphatic rings. The van der Waals surface area contributed by atoms with Gasteiger partial charge >= 0.3 is 0 Å². The Labute approximate surface area is 150 Å². The summed E-state index contributed by atoms with van der Waals surface area (Å²) in [4.78, 5) is 21.1. The normalized spacial score (nSPS) is 19.2. The molecular formula is C17H19N5O3S. The summed E-state index contributed by atoms with van der Waals surface area (Å²) in [6.07, 6.45) is 2.68. The molecule has 0 amide bonds. The quantitative estimate of drug-likeness (QED) is 0.682. The van der Waals surface area contributed by atoms with Gasteiger partial charge in [-0.2, -0.15) is 5.10 Å². The van der Waals surface area contributed by atoms with Gasteiger partial charge in [-0.1, -0.05) is 13.0 Å². The number of nitrogens with zero attached hydrogens (tertiary/aromatic N) is 5. The molecule has 1 atom stereocenters. The highest BCUT2D eigenvalue weighted by atomic mass is 32.2. The van der Waals surface area contributed by atoms with Crippen LogP contribution in [-0.4, -0.2) is 44.2 Å². The lowest BCUT2D eigenvalue weighted by Gasteiger charge is -2.12. The fraction of sp³-hybridized carbons (Fsp3) is 0.412. The van der Waals surface area contributed by atoms with Crippen LogP contribution in [0, 0.1) is 0 Å². The van der Waals surface area contributed by atoms with Crippen molar-refractivity contribution in [3.63, 3.8) is 0 Å². The van der Waals surface area contributed by atoms with Crippen LogP contribution in [-0.2, 0) is 23.3 Å². The van der Waals surface area contributed by atoms with Crippen LogP contribution in [0.25, 0.3) is 22.3 Å². The van der Waals surface area contributed by atoms with E-state index in [2.05, 4.69) is 15.1 Å². The minimum Gasteiger partial charge on any atom is -0.302 e. The van der Waals surface area contributed by atoms with Crippen LogP contribution in [0.3, 0.4) is 0 Å². The second-order valence-electron chi connectivity index (χ2n) is 6.60. The third-order valence-electron chi connectivity index (χ3n) is 4.72. The maximum absolute atomic E-state index is 12.2. The molecule has 0 spiro atoms. The molecule has 0 saturated carbocycles. The second kappa shape index (κ2) is 6.01. The zero-order chi connectivity index (χ0) is 18.5. The number of aryl methyl sites for hydroxylation is 2. The van der Waals surface area contributed by atoms with Gasteiger partial charge in [-0.15, -0.1) is 0 Å². The second-order valence-corrected chi connectivity index (χ2v) is 8.83. The van der Waals surface area contributed by atoms with Crippen LogP contribution in [0.5, 0.6) is 0 Å². The first kappa shape index (κ1) is 16.9. The average Bonchev–Trinajstić information content (AvgIpc) is 3.21. The molecule has 2 aromatic heterocycles. The summed E-state index contributed by atoms with van der Waals surface area (Å²) in [7, 11) is -1.37. The minimum atomic E-state index is -3.03. The first-order valence-electron chi connectivity index (χ1n) is 8.49. The van der Waals surface area contributed by atoms with Crippen molar-refractivity contribution >= 4 is 20.7 Å². The van der Waals surface area contributed by atoms with Crippen molar-refractivity contribution in [3.8, 4) is 11.4 Å². The van der Waals surface area contributed by atoms with E-state index in [0.29, 0.717) is 35.4 Å². The summed E-state index contributed by atoms with van der Waals surface area (Å²) in [5.74, 6) is 1.54. The van der Waals surface area contributed by atoms with Gasteiger partial charge in [0.25, 0.3) is 5.56 Å². The molecule has 1 fully saturated rings. The minimum absolute atomic E-state index is 0.0822. The van der Waals surface area contributed by atoms with E-state index in [0.717, 1.165) is 5.56 Å². The summed E-state index contributed by atoms with van der Waals surface area (Å²) in [6.45, 7) is 1.96. The number of rotatable bonds is 3. The molecule has 1 unspecified atom stereocenters. The van der Waals surface area contributed by atoms with E-state index in [9.17, 15) is 13.2 Å². The van der Waals surface area contributed by atoms with Crippen LogP contribution in [0.15, 0.2) is 29.3 Å². The van der Waals surface area contributed by atoms with Gasteiger partial charge in [-0.25, -0.2) is 23.1 Å². The first-order chi connectivity index (χ1) is 12.4. The van der Waals surface area contributed by atoms with Gasteiger partial charge in [0.05, 0.1) is 34.8 Å². The van der Waals surface area contributed by atoms with Gasteiger partial charge < -0.3 is 4.57 Å². The van der Waals surface area contributed by atoms with Gasteiger partial charge in [-0.05, 0) is 18.6 Å². The molecule has 26 heavy (non-hydrogen) atoms. The van der Waals surface area contributed by atoms with Gasteiger partial charge in [0, 0.05) is 19.0 Å². The van der Waals surface area contributed by atoms with Crippen LogP contribution < -0.4 is 5.56 Å². The molecule has 0 N–H and O–H groups in total. The Morgan fingerprint density at radius 1 is 1.31 bits per heavy atom. The third kappa shape index (κ3) is 2.82. The maximum atomic E-state index is 12.2. The molecule has 0 radical (unpaired) electrons. The van der Waals surface area contributed by atoms with Crippen molar-refractivity contribution in [2.75, 3.05) is 11.5 Å². The predicted octanol–water partition coefficient (Wildman–Crippen LogP) is 1.11. The number of fused-ring (bicyclic) bond motifs is 1.